The molecule has 1 aromatic carbocycles. The summed E-state index contributed by atoms with van der Waals surface area (Å²) in [4.78, 5) is 30.1. The van der Waals surface area contributed by atoms with E-state index in [-0.39, 0.29) is 18.5 Å². The largest absolute Gasteiger partial charge is 0.326 e. The van der Waals surface area contributed by atoms with Crippen molar-refractivity contribution in [2.45, 2.75) is 19.0 Å². The molecule has 1 aliphatic heterocycles. The van der Waals surface area contributed by atoms with Crippen molar-refractivity contribution in [1.29, 1.82) is 0 Å². The van der Waals surface area contributed by atoms with E-state index in [9.17, 15) is 9.59 Å². The Morgan fingerprint density at radius 3 is 2.91 bits per heavy atom. The average Bonchev–Trinajstić information content (AvgIpc) is 2.81. The fourth-order valence-electron chi connectivity index (χ4n) is 2.62. The van der Waals surface area contributed by atoms with Gasteiger partial charge in [-0.1, -0.05) is 24.3 Å². The summed E-state index contributed by atoms with van der Waals surface area (Å²) in [5.74, 6) is 0.701. The number of benzene rings is 1. The summed E-state index contributed by atoms with van der Waals surface area (Å²) in [6, 6.07) is 8.93. The number of imide groups is 1. The van der Waals surface area contributed by atoms with Crippen molar-refractivity contribution in [3.8, 4) is 0 Å². The number of nitrogens with one attached hydrogen (secondary N) is 1. The van der Waals surface area contributed by atoms with Gasteiger partial charge < -0.3 is 5.32 Å². The zero-order valence-corrected chi connectivity index (χ0v) is 13.1. The van der Waals surface area contributed by atoms with E-state index in [0.717, 1.165) is 22.2 Å². The molecule has 0 radical (unpaired) electrons. The van der Waals surface area contributed by atoms with E-state index in [1.54, 1.807) is 18.0 Å². The third kappa shape index (κ3) is 2.78. The molecule has 0 spiro atoms. The number of hydrogen-bond acceptors (Lipinski definition) is 4. The number of carbonyl (C=O) groups is 2. The predicted octanol–water partition coefficient (Wildman–Crippen LogP) is 2.41. The van der Waals surface area contributed by atoms with Gasteiger partial charge in [0.1, 0.15) is 6.04 Å². The summed E-state index contributed by atoms with van der Waals surface area (Å²) >= 11 is 1.67. The lowest BCUT2D eigenvalue weighted by atomic mass is 10.1. The maximum atomic E-state index is 12.4. The van der Waals surface area contributed by atoms with Gasteiger partial charge in [0.2, 0.25) is 0 Å². The van der Waals surface area contributed by atoms with Crippen LogP contribution >= 0.6 is 11.8 Å². The van der Waals surface area contributed by atoms with Gasteiger partial charge in [-0.2, -0.15) is 11.8 Å². The van der Waals surface area contributed by atoms with Crippen LogP contribution in [0.15, 0.2) is 36.5 Å². The third-order valence-electron chi connectivity index (χ3n) is 3.76. The zero-order valence-electron chi connectivity index (χ0n) is 12.3. The Balaban J connectivity index is 1.83. The molecule has 22 heavy (non-hydrogen) atoms. The number of urea groups is 1. The Bertz CT molecular complexity index is 714. The summed E-state index contributed by atoms with van der Waals surface area (Å²) in [6.45, 7) is 0.259. The number of thioether (sulfide) groups is 1. The van der Waals surface area contributed by atoms with E-state index >= 15 is 0 Å². The smallest absolute Gasteiger partial charge is 0.325 e. The molecule has 5 nitrogen and oxygen atoms in total. The van der Waals surface area contributed by atoms with Crippen molar-refractivity contribution >= 4 is 34.6 Å². The number of pyridine rings is 1. The standard InChI is InChI=1S/C16H17N3O2S/c1-22-9-7-13-15(20)19(16(21)18-13)10-12-5-2-4-11-6-3-8-17-14(11)12/h2-6,8,13H,7,9-10H2,1H3,(H,18,21). The molecule has 0 bridgehead atoms. The van der Waals surface area contributed by atoms with Crippen LogP contribution in [-0.4, -0.2) is 39.9 Å². The van der Waals surface area contributed by atoms with Gasteiger partial charge in [0.15, 0.2) is 0 Å². The van der Waals surface area contributed by atoms with Gasteiger partial charge in [0, 0.05) is 11.6 Å². The first kappa shape index (κ1) is 14.8. The summed E-state index contributed by atoms with van der Waals surface area (Å²) in [5, 5.41) is 3.77. The van der Waals surface area contributed by atoms with Crippen molar-refractivity contribution in [3.05, 3.63) is 42.1 Å². The summed E-state index contributed by atoms with van der Waals surface area (Å²) in [6.07, 6.45) is 4.37. The van der Waals surface area contributed by atoms with Crippen LogP contribution in [-0.2, 0) is 11.3 Å². The number of rotatable bonds is 5. The van der Waals surface area contributed by atoms with E-state index in [1.165, 1.54) is 4.90 Å². The molecule has 0 saturated carbocycles. The fraction of sp³-hybridized carbons (Fsp3) is 0.312. The summed E-state index contributed by atoms with van der Waals surface area (Å²) in [5.41, 5.74) is 1.71. The van der Waals surface area contributed by atoms with E-state index in [0.29, 0.717) is 6.42 Å². The minimum absolute atomic E-state index is 0.146. The molecule has 2 heterocycles. The second kappa shape index (κ2) is 6.36. The highest BCUT2D eigenvalue weighted by molar-refractivity contribution is 7.98. The van der Waals surface area contributed by atoms with Crippen LogP contribution in [0.3, 0.4) is 0 Å². The van der Waals surface area contributed by atoms with Gasteiger partial charge in [-0.3, -0.25) is 14.7 Å². The Hall–Kier alpha value is -2.08. The van der Waals surface area contributed by atoms with Gasteiger partial charge in [0.25, 0.3) is 5.91 Å². The van der Waals surface area contributed by atoms with E-state index in [4.69, 9.17) is 0 Å². The average molecular weight is 315 g/mol. The Kier molecular flexibility index (Phi) is 4.29. The second-order valence-electron chi connectivity index (χ2n) is 5.20. The number of amides is 3. The van der Waals surface area contributed by atoms with Gasteiger partial charge in [-0.15, -0.1) is 0 Å². The Morgan fingerprint density at radius 1 is 1.27 bits per heavy atom. The first-order valence-electron chi connectivity index (χ1n) is 7.14. The molecule has 1 atom stereocenters. The molecule has 1 aromatic heterocycles. The van der Waals surface area contributed by atoms with E-state index in [2.05, 4.69) is 10.3 Å². The van der Waals surface area contributed by atoms with Crippen molar-refractivity contribution in [2.24, 2.45) is 0 Å². The van der Waals surface area contributed by atoms with Crippen molar-refractivity contribution in [2.75, 3.05) is 12.0 Å². The van der Waals surface area contributed by atoms with Gasteiger partial charge in [0.05, 0.1) is 12.1 Å². The maximum Gasteiger partial charge on any atom is 0.325 e. The predicted molar refractivity (Wildman–Crippen MR) is 87.6 cm³/mol. The SMILES string of the molecule is CSCCC1NC(=O)N(Cc2cccc3cccnc23)C1=O. The van der Waals surface area contributed by atoms with Gasteiger partial charge >= 0.3 is 6.03 Å². The molecule has 1 unspecified atom stereocenters. The molecule has 2 aromatic rings. The number of para-hydroxylation sites is 1. The van der Waals surface area contributed by atoms with Crippen molar-refractivity contribution < 1.29 is 9.59 Å². The number of aromatic nitrogens is 1. The van der Waals surface area contributed by atoms with Crippen LogP contribution < -0.4 is 5.32 Å². The zero-order chi connectivity index (χ0) is 15.5. The number of fused-ring (bicyclic) bond motifs is 1. The first-order chi connectivity index (χ1) is 10.7. The van der Waals surface area contributed by atoms with Crippen molar-refractivity contribution in [3.63, 3.8) is 0 Å². The molecular weight excluding hydrogens is 298 g/mol. The molecule has 0 aliphatic carbocycles. The monoisotopic (exact) mass is 315 g/mol. The number of nitrogens with zero attached hydrogens (tertiary/aromatic N) is 2. The highest BCUT2D eigenvalue weighted by Crippen LogP contribution is 2.20. The van der Waals surface area contributed by atoms with Crippen LogP contribution in [0.25, 0.3) is 10.9 Å². The highest BCUT2D eigenvalue weighted by atomic mass is 32.2. The summed E-state index contributed by atoms with van der Waals surface area (Å²) < 4.78 is 0. The molecule has 114 valence electrons. The van der Waals surface area contributed by atoms with Gasteiger partial charge in [-0.05, 0) is 30.1 Å². The molecular formula is C16H17N3O2S. The normalized spacial score (nSPS) is 18.0. The molecule has 6 heteroatoms. The molecule has 1 N–H and O–H groups in total. The van der Waals surface area contributed by atoms with Crippen LogP contribution in [0.4, 0.5) is 4.79 Å². The Morgan fingerprint density at radius 2 is 2.09 bits per heavy atom. The molecule has 1 saturated heterocycles. The molecule has 3 amide bonds. The lowest BCUT2D eigenvalue weighted by Crippen LogP contribution is -2.31. The molecule has 3 rings (SSSR count). The lowest BCUT2D eigenvalue weighted by Gasteiger charge is -2.14. The van der Waals surface area contributed by atoms with Crippen LogP contribution in [0, 0.1) is 0 Å². The summed E-state index contributed by atoms with van der Waals surface area (Å²) in [7, 11) is 0. The quantitative estimate of drug-likeness (QED) is 0.861. The fourth-order valence-corrected chi connectivity index (χ4v) is 3.09. The van der Waals surface area contributed by atoms with Crippen LogP contribution in [0.1, 0.15) is 12.0 Å². The molecule has 1 fully saturated rings. The van der Waals surface area contributed by atoms with E-state index in [1.807, 2.05) is 36.6 Å². The second-order valence-corrected chi connectivity index (χ2v) is 6.19. The lowest BCUT2D eigenvalue weighted by molar-refractivity contribution is -0.127. The van der Waals surface area contributed by atoms with Crippen LogP contribution in [0.2, 0.25) is 0 Å². The van der Waals surface area contributed by atoms with Gasteiger partial charge in [-0.25, -0.2) is 4.79 Å². The van der Waals surface area contributed by atoms with Crippen LogP contribution in [0.5, 0.6) is 0 Å². The molecule has 1 aliphatic rings. The number of carbonyl (C=O) groups excluding carboxylic acids is 2. The maximum absolute atomic E-state index is 12.4. The minimum Gasteiger partial charge on any atom is -0.326 e. The first-order valence-corrected chi connectivity index (χ1v) is 8.53. The highest BCUT2D eigenvalue weighted by Gasteiger charge is 2.37. The minimum atomic E-state index is -0.400. The topological polar surface area (TPSA) is 62.3 Å². The number of hydrogen-bond donors (Lipinski definition) is 1. The van der Waals surface area contributed by atoms with Crippen molar-refractivity contribution in [1.82, 2.24) is 15.2 Å². The van der Waals surface area contributed by atoms with E-state index < -0.39 is 6.04 Å². The third-order valence-corrected chi connectivity index (χ3v) is 4.41. The Labute approximate surface area is 133 Å².